The number of halogens is 2. The molecule has 0 aliphatic carbocycles. The molecule has 0 aliphatic heterocycles. The van der Waals surface area contributed by atoms with Crippen LogP contribution in [-0.4, -0.2) is 9.97 Å². The van der Waals surface area contributed by atoms with E-state index < -0.39 is 0 Å². The first-order valence-corrected chi connectivity index (χ1v) is 5.90. The lowest BCUT2D eigenvalue weighted by atomic mass is 10.2. The van der Waals surface area contributed by atoms with E-state index in [1.165, 1.54) is 0 Å². The minimum absolute atomic E-state index is 0.532. The van der Waals surface area contributed by atoms with Gasteiger partial charge in [0.1, 0.15) is 5.82 Å². The van der Waals surface area contributed by atoms with Crippen molar-refractivity contribution in [3.05, 3.63) is 52.5 Å². The van der Waals surface area contributed by atoms with Crippen molar-refractivity contribution >= 4 is 34.2 Å². The second-order valence-corrected chi connectivity index (χ2v) is 4.55. The molecule has 2 aromatic carbocycles. The Balaban J connectivity index is 2.17. The molecule has 0 unspecified atom stereocenters. The molecule has 1 aromatic heterocycles. The fraction of sp³-hybridized carbons (Fsp3) is 0. The number of aromatic amines is 1. The van der Waals surface area contributed by atoms with E-state index >= 15 is 0 Å². The zero-order valence-electron chi connectivity index (χ0n) is 8.74. The molecule has 0 atom stereocenters. The van der Waals surface area contributed by atoms with Crippen LogP contribution >= 0.6 is 23.2 Å². The number of para-hydroxylation sites is 2. The van der Waals surface area contributed by atoms with Gasteiger partial charge >= 0.3 is 0 Å². The fourth-order valence-electron chi connectivity index (χ4n) is 1.73. The molecule has 1 N–H and O–H groups in total. The van der Waals surface area contributed by atoms with Gasteiger partial charge in [0.25, 0.3) is 0 Å². The molecule has 3 rings (SSSR count). The van der Waals surface area contributed by atoms with E-state index in [4.69, 9.17) is 23.2 Å². The Hall–Kier alpha value is -1.51. The Kier molecular flexibility index (Phi) is 2.54. The first-order valence-electron chi connectivity index (χ1n) is 5.14. The summed E-state index contributed by atoms with van der Waals surface area (Å²) in [6.07, 6.45) is 0. The minimum atomic E-state index is 0.532. The highest BCUT2D eigenvalue weighted by Gasteiger charge is 2.06. The number of hydrogen-bond donors (Lipinski definition) is 1. The van der Waals surface area contributed by atoms with Crippen molar-refractivity contribution in [3.8, 4) is 11.4 Å². The number of nitrogens with one attached hydrogen (secondary N) is 1. The number of H-pyrrole nitrogens is 1. The molecular weight excluding hydrogens is 255 g/mol. The molecule has 0 saturated carbocycles. The first kappa shape index (κ1) is 10.6. The van der Waals surface area contributed by atoms with Crippen LogP contribution in [0.3, 0.4) is 0 Å². The van der Waals surface area contributed by atoms with E-state index in [9.17, 15) is 0 Å². The molecule has 0 aliphatic rings. The number of rotatable bonds is 1. The van der Waals surface area contributed by atoms with E-state index in [0.29, 0.717) is 10.0 Å². The summed E-state index contributed by atoms with van der Waals surface area (Å²) in [5, 5.41) is 1.08. The summed E-state index contributed by atoms with van der Waals surface area (Å²) in [6, 6.07) is 13.4. The zero-order chi connectivity index (χ0) is 11.8. The molecular formula is C13H8Cl2N2. The average molecular weight is 263 g/mol. The van der Waals surface area contributed by atoms with Crippen LogP contribution in [0.5, 0.6) is 0 Å². The van der Waals surface area contributed by atoms with Crippen molar-refractivity contribution in [2.45, 2.75) is 0 Å². The van der Waals surface area contributed by atoms with Crippen molar-refractivity contribution in [3.63, 3.8) is 0 Å². The number of benzene rings is 2. The van der Waals surface area contributed by atoms with Gasteiger partial charge in [-0.05, 0) is 30.3 Å². The molecule has 0 spiro atoms. The van der Waals surface area contributed by atoms with Crippen molar-refractivity contribution in [2.75, 3.05) is 0 Å². The monoisotopic (exact) mass is 262 g/mol. The fourth-order valence-corrected chi connectivity index (χ4v) is 2.03. The summed E-state index contributed by atoms with van der Waals surface area (Å²) >= 11 is 11.9. The smallest absolute Gasteiger partial charge is 0.138 e. The summed E-state index contributed by atoms with van der Waals surface area (Å²) in [4.78, 5) is 7.74. The predicted molar refractivity (Wildman–Crippen MR) is 71.5 cm³/mol. The van der Waals surface area contributed by atoms with Crippen LogP contribution in [-0.2, 0) is 0 Å². The van der Waals surface area contributed by atoms with Crippen molar-refractivity contribution in [2.24, 2.45) is 0 Å². The van der Waals surface area contributed by atoms with Gasteiger partial charge < -0.3 is 4.98 Å². The molecule has 17 heavy (non-hydrogen) atoms. The largest absolute Gasteiger partial charge is 0.338 e. The quantitative estimate of drug-likeness (QED) is 0.686. The molecule has 0 amide bonds. The van der Waals surface area contributed by atoms with Crippen LogP contribution in [0.15, 0.2) is 42.5 Å². The molecule has 2 nitrogen and oxygen atoms in total. The van der Waals surface area contributed by atoms with Gasteiger partial charge in [-0.2, -0.15) is 0 Å². The van der Waals surface area contributed by atoms with E-state index in [1.807, 2.05) is 36.4 Å². The molecule has 0 radical (unpaired) electrons. The highest BCUT2D eigenvalue weighted by atomic mass is 35.5. The SMILES string of the molecule is Clc1ccc(-c2nc3ccccc3[nH]2)cc1Cl. The Morgan fingerprint density at radius 1 is 0.941 bits per heavy atom. The molecule has 0 saturated heterocycles. The highest BCUT2D eigenvalue weighted by Crippen LogP contribution is 2.28. The lowest BCUT2D eigenvalue weighted by molar-refractivity contribution is 1.34. The normalized spacial score (nSPS) is 10.9. The molecule has 4 heteroatoms. The third-order valence-electron chi connectivity index (χ3n) is 2.58. The van der Waals surface area contributed by atoms with Gasteiger partial charge in [0.15, 0.2) is 0 Å². The van der Waals surface area contributed by atoms with E-state index in [2.05, 4.69) is 9.97 Å². The van der Waals surface area contributed by atoms with Gasteiger partial charge in [0.05, 0.1) is 21.1 Å². The van der Waals surface area contributed by atoms with Crippen LogP contribution in [0.1, 0.15) is 0 Å². The number of aromatic nitrogens is 2. The van der Waals surface area contributed by atoms with Crippen LogP contribution in [0.4, 0.5) is 0 Å². The van der Waals surface area contributed by atoms with Gasteiger partial charge in [-0.25, -0.2) is 4.98 Å². The summed E-state index contributed by atoms with van der Waals surface area (Å²) < 4.78 is 0. The lowest BCUT2D eigenvalue weighted by Crippen LogP contribution is -1.80. The summed E-state index contributed by atoms with van der Waals surface area (Å²) in [6.45, 7) is 0. The van der Waals surface area contributed by atoms with Gasteiger partial charge in [-0.3, -0.25) is 0 Å². The molecule has 3 aromatic rings. The Bertz CT molecular complexity index is 656. The Labute approximate surface area is 108 Å². The Morgan fingerprint density at radius 3 is 2.53 bits per heavy atom. The molecule has 0 fully saturated rings. The zero-order valence-corrected chi connectivity index (χ0v) is 10.3. The number of hydrogen-bond acceptors (Lipinski definition) is 1. The maximum absolute atomic E-state index is 5.99. The first-order chi connectivity index (χ1) is 8.24. The van der Waals surface area contributed by atoms with Crippen LogP contribution in [0, 0.1) is 0 Å². The van der Waals surface area contributed by atoms with E-state index in [-0.39, 0.29) is 0 Å². The van der Waals surface area contributed by atoms with Crippen molar-refractivity contribution < 1.29 is 0 Å². The topological polar surface area (TPSA) is 28.7 Å². The van der Waals surface area contributed by atoms with E-state index in [1.54, 1.807) is 6.07 Å². The number of imidazole rings is 1. The van der Waals surface area contributed by atoms with Gasteiger partial charge in [-0.15, -0.1) is 0 Å². The lowest BCUT2D eigenvalue weighted by Gasteiger charge is -1.99. The third-order valence-corrected chi connectivity index (χ3v) is 3.32. The molecule has 1 heterocycles. The average Bonchev–Trinajstić information content (AvgIpc) is 2.76. The number of nitrogens with zero attached hydrogens (tertiary/aromatic N) is 1. The molecule has 84 valence electrons. The predicted octanol–water partition coefficient (Wildman–Crippen LogP) is 4.54. The van der Waals surface area contributed by atoms with Gasteiger partial charge in [0, 0.05) is 5.56 Å². The molecule has 0 bridgehead atoms. The standard InChI is InChI=1S/C13H8Cl2N2/c14-9-6-5-8(7-10(9)15)13-16-11-3-1-2-4-12(11)17-13/h1-7H,(H,16,17). The van der Waals surface area contributed by atoms with Crippen LogP contribution in [0.25, 0.3) is 22.4 Å². The highest BCUT2D eigenvalue weighted by molar-refractivity contribution is 6.42. The maximum atomic E-state index is 5.99. The third kappa shape index (κ3) is 1.90. The maximum Gasteiger partial charge on any atom is 0.138 e. The number of fused-ring (bicyclic) bond motifs is 1. The summed E-state index contributed by atoms with van der Waals surface area (Å²) in [7, 11) is 0. The van der Waals surface area contributed by atoms with Gasteiger partial charge in [-0.1, -0.05) is 35.3 Å². The van der Waals surface area contributed by atoms with Gasteiger partial charge in [0.2, 0.25) is 0 Å². The van der Waals surface area contributed by atoms with Crippen LogP contribution in [0.2, 0.25) is 10.0 Å². The minimum Gasteiger partial charge on any atom is -0.338 e. The van der Waals surface area contributed by atoms with E-state index in [0.717, 1.165) is 22.4 Å². The van der Waals surface area contributed by atoms with Crippen LogP contribution < -0.4 is 0 Å². The van der Waals surface area contributed by atoms with Crippen molar-refractivity contribution in [1.82, 2.24) is 9.97 Å². The Morgan fingerprint density at radius 2 is 1.76 bits per heavy atom. The summed E-state index contributed by atoms with van der Waals surface area (Å²) in [5.41, 5.74) is 2.87. The second-order valence-electron chi connectivity index (χ2n) is 3.73. The van der Waals surface area contributed by atoms with Crippen molar-refractivity contribution in [1.29, 1.82) is 0 Å². The summed E-state index contributed by atoms with van der Waals surface area (Å²) in [5.74, 6) is 0.796. The second kappa shape index (κ2) is 4.06.